The number of carbonyl (C=O) groups excluding carboxylic acids is 1. The van der Waals surface area contributed by atoms with Gasteiger partial charge in [-0.3, -0.25) is 4.79 Å². The van der Waals surface area contributed by atoms with Crippen molar-refractivity contribution in [3.8, 4) is 16.9 Å². The second-order valence-electron chi connectivity index (χ2n) is 9.03. The third-order valence-corrected chi connectivity index (χ3v) is 6.06. The molecule has 1 amide bonds. The van der Waals surface area contributed by atoms with E-state index in [1.165, 1.54) is 11.1 Å². The van der Waals surface area contributed by atoms with Gasteiger partial charge >= 0.3 is 0 Å². The van der Waals surface area contributed by atoms with Gasteiger partial charge in [-0.2, -0.15) is 10.2 Å². The molecule has 0 aliphatic carbocycles. The Morgan fingerprint density at radius 1 is 1.00 bits per heavy atom. The van der Waals surface area contributed by atoms with Gasteiger partial charge in [0.15, 0.2) is 12.4 Å². The second kappa shape index (κ2) is 9.65. The van der Waals surface area contributed by atoms with Crippen molar-refractivity contribution >= 4 is 22.6 Å². The number of hydrogen-bond acceptors (Lipinski definition) is 5. The molecule has 36 heavy (non-hydrogen) atoms. The fourth-order valence-electron chi connectivity index (χ4n) is 4.30. The van der Waals surface area contributed by atoms with Gasteiger partial charge in [-0.25, -0.2) is 14.3 Å². The van der Waals surface area contributed by atoms with E-state index in [2.05, 4.69) is 57.8 Å². The molecule has 0 spiro atoms. The molecule has 0 saturated carbocycles. The Labute approximate surface area is 209 Å². The first-order valence-electron chi connectivity index (χ1n) is 11.8. The van der Waals surface area contributed by atoms with Crippen LogP contribution < -0.4 is 10.1 Å². The molecule has 0 radical (unpaired) electrons. The molecule has 8 heteroatoms. The van der Waals surface area contributed by atoms with Gasteiger partial charge in [0.05, 0.1) is 23.8 Å². The fraction of sp³-hybridized carbons (Fsp3) is 0.214. The lowest BCUT2D eigenvalue weighted by molar-refractivity contribution is -0.116. The molecule has 0 aliphatic rings. The quantitative estimate of drug-likeness (QED) is 0.346. The maximum atomic E-state index is 12.8. The fourth-order valence-corrected chi connectivity index (χ4v) is 4.30. The Balaban J connectivity index is 1.28. The van der Waals surface area contributed by atoms with Gasteiger partial charge in [0.25, 0.3) is 0 Å². The summed E-state index contributed by atoms with van der Waals surface area (Å²) in [5, 5.41) is 12.7. The van der Waals surface area contributed by atoms with Crippen molar-refractivity contribution < 1.29 is 9.53 Å². The SMILES string of the molecule is Cc1ccc(-c2ccnc3c2c(C)nn3CC(=O)Nc2cnn(COc3ccc(C)cc3C)c2)cc1. The van der Waals surface area contributed by atoms with E-state index in [4.69, 9.17) is 4.74 Å². The van der Waals surface area contributed by atoms with E-state index >= 15 is 0 Å². The van der Waals surface area contributed by atoms with Gasteiger partial charge in [0.2, 0.25) is 5.91 Å². The molecule has 0 bridgehead atoms. The Bertz CT molecular complexity index is 1550. The first kappa shape index (κ1) is 23.3. The van der Waals surface area contributed by atoms with E-state index in [-0.39, 0.29) is 19.2 Å². The molecule has 0 fully saturated rings. The molecule has 3 aromatic heterocycles. The van der Waals surface area contributed by atoms with Gasteiger partial charge in [-0.1, -0.05) is 47.5 Å². The van der Waals surface area contributed by atoms with Gasteiger partial charge in [-0.15, -0.1) is 0 Å². The van der Waals surface area contributed by atoms with Crippen LogP contribution in [-0.4, -0.2) is 30.5 Å². The Hall–Kier alpha value is -4.46. The number of aromatic nitrogens is 5. The van der Waals surface area contributed by atoms with Crippen LogP contribution in [-0.2, 0) is 18.1 Å². The number of aryl methyl sites for hydroxylation is 4. The average molecular weight is 481 g/mol. The lowest BCUT2D eigenvalue weighted by Gasteiger charge is -2.09. The Morgan fingerprint density at radius 3 is 2.56 bits per heavy atom. The van der Waals surface area contributed by atoms with Crippen LogP contribution in [0.3, 0.4) is 0 Å². The minimum atomic E-state index is -0.211. The maximum absolute atomic E-state index is 12.8. The van der Waals surface area contributed by atoms with Crippen molar-refractivity contribution in [2.45, 2.75) is 41.0 Å². The van der Waals surface area contributed by atoms with Crippen LogP contribution in [0.15, 0.2) is 67.1 Å². The Kier molecular flexibility index (Phi) is 6.25. The highest BCUT2D eigenvalue weighted by atomic mass is 16.5. The predicted octanol–water partition coefficient (Wildman–Crippen LogP) is 5.20. The van der Waals surface area contributed by atoms with Crippen molar-refractivity contribution in [1.82, 2.24) is 24.5 Å². The zero-order chi connectivity index (χ0) is 25.2. The number of fused-ring (bicyclic) bond motifs is 1. The molecule has 0 unspecified atom stereocenters. The summed E-state index contributed by atoms with van der Waals surface area (Å²) in [6.45, 7) is 8.35. The second-order valence-corrected chi connectivity index (χ2v) is 9.03. The van der Waals surface area contributed by atoms with E-state index in [0.717, 1.165) is 33.5 Å². The summed E-state index contributed by atoms with van der Waals surface area (Å²) in [6, 6.07) is 16.4. The largest absolute Gasteiger partial charge is 0.471 e. The summed E-state index contributed by atoms with van der Waals surface area (Å²) < 4.78 is 9.14. The minimum absolute atomic E-state index is 0.0406. The van der Waals surface area contributed by atoms with Crippen LogP contribution >= 0.6 is 0 Å². The van der Waals surface area contributed by atoms with Crippen LogP contribution in [0.1, 0.15) is 22.4 Å². The molecule has 8 nitrogen and oxygen atoms in total. The van der Waals surface area contributed by atoms with Crippen LogP contribution in [0.5, 0.6) is 5.75 Å². The molecule has 5 rings (SSSR count). The number of hydrogen-bond donors (Lipinski definition) is 1. The summed E-state index contributed by atoms with van der Waals surface area (Å²) in [6.07, 6.45) is 5.10. The molecule has 0 aliphatic heterocycles. The van der Waals surface area contributed by atoms with Gasteiger partial charge in [0, 0.05) is 11.6 Å². The lowest BCUT2D eigenvalue weighted by Crippen LogP contribution is -2.19. The highest BCUT2D eigenvalue weighted by molar-refractivity contribution is 5.96. The average Bonchev–Trinajstić information content (AvgIpc) is 3.42. The summed E-state index contributed by atoms with van der Waals surface area (Å²) in [7, 11) is 0. The van der Waals surface area contributed by atoms with Gasteiger partial charge in [0.1, 0.15) is 12.3 Å². The molecule has 2 aromatic carbocycles. The van der Waals surface area contributed by atoms with Crippen LogP contribution in [0.4, 0.5) is 5.69 Å². The number of rotatable bonds is 7. The normalized spacial score (nSPS) is 11.1. The monoisotopic (exact) mass is 480 g/mol. The highest BCUT2D eigenvalue weighted by Crippen LogP contribution is 2.30. The summed E-state index contributed by atoms with van der Waals surface area (Å²) in [5.74, 6) is 0.594. The molecular formula is C28H28N6O2. The van der Waals surface area contributed by atoms with Crippen LogP contribution in [0.2, 0.25) is 0 Å². The molecule has 1 N–H and O–H groups in total. The molecule has 5 aromatic rings. The summed E-state index contributed by atoms with van der Waals surface area (Å²) >= 11 is 0. The third-order valence-electron chi connectivity index (χ3n) is 6.06. The number of ether oxygens (including phenoxy) is 1. The predicted molar refractivity (Wildman–Crippen MR) is 140 cm³/mol. The zero-order valence-corrected chi connectivity index (χ0v) is 20.8. The first-order valence-corrected chi connectivity index (χ1v) is 11.8. The number of anilines is 1. The van der Waals surface area contributed by atoms with E-state index in [9.17, 15) is 4.79 Å². The number of amides is 1. The maximum Gasteiger partial charge on any atom is 0.246 e. The molecule has 3 heterocycles. The van der Waals surface area contributed by atoms with Gasteiger partial charge < -0.3 is 10.1 Å². The van der Waals surface area contributed by atoms with E-state index in [0.29, 0.717) is 11.3 Å². The minimum Gasteiger partial charge on any atom is -0.471 e. The van der Waals surface area contributed by atoms with Gasteiger partial charge in [-0.05, 0) is 56.5 Å². The standard InChI is InChI=1S/C28H28N6O2/c1-18-5-8-22(9-6-18)24-11-12-29-28-27(24)21(4)32-34(28)16-26(35)31-23-14-30-33(15-23)17-36-25-10-7-19(2)13-20(25)3/h5-15H,16-17H2,1-4H3,(H,31,35). The third kappa shape index (κ3) is 4.84. The molecular weight excluding hydrogens is 452 g/mol. The van der Waals surface area contributed by atoms with Crippen molar-refractivity contribution in [3.63, 3.8) is 0 Å². The molecule has 0 saturated heterocycles. The smallest absolute Gasteiger partial charge is 0.246 e. The highest BCUT2D eigenvalue weighted by Gasteiger charge is 2.16. The summed E-state index contributed by atoms with van der Waals surface area (Å²) in [5.41, 5.74) is 7.70. The van der Waals surface area contributed by atoms with Crippen molar-refractivity contribution in [1.29, 1.82) is 0 Å². The topological polar surface area (TPSA) is 86.9 Å². The van der Waals surface area contributed by atoms with Crippen LogP contribution in [0, 0.1) is 27.7 Å². The number of carbonyl (C=O) groups is 1. The lowest BCUT2D eigenvalue weighted by atomic mass is 10.0. The van der Waals surface area contributed by atoms with E-state index in [1.807, 2.05) is 39.0 Å². The number of pyridine rings is 1. The number of nitrogens with one attached hydrogen (secondary N) is 1. The molecule has 182 valence electrons. The first-order chi connectivity index (χ1) is 17.4. The zero-order valence-electron chi connectivity index (χ0n) is 20.8. The Morgan fingerprint density at radius 2 is 1.78 bits per heavy atom. The van der Waals surface area contributed by atoms with Crippen LogP contribution in [0.25, 0.3) is 22.2 Å². The van der Waals surface area contributed by atoms with E-state index < -0.39 is 0 Å². The van der Waals surface area contributed by atoms with Crippen molar-refractivity contribution in [2.24, 2.45) is 0 Å². The summed E-state index contributed by atoms with van der Waals surface area (Å²) in [4.78, 5) is 17.3. The van der Waals surface area contributed by atoms with Crippen molar-refractivity contribution in [3.05, 3.63) is 89.5 Å². The molecule has 0 atom stereocenters. The number of nitrogens with zero attached hydrogens (tertiary/aromatic N) is 5. The van der Waals surface area contributed by atoms with Crippen molar-refractivity contribution in [2.75, 3.05) is 5.32 Å². The van der Waals surface area contributed by atoms with E-state index in [1.54, 1.807) is 28.0 Å². The number of benzene rings is 2.